The third-order valence-electron chi connectivity index (χ3n) is 9.56. The Morgan fingerprint density at radius 3 is 1.90 bits per heavy atom. The molecule has 2 aromatic rings. The van der Waals surface area contributed by atoms with Gasteiger partial charge in [-0.25, -0.2) is 0 Å². The third-order valence-corrected chi connectivity index (χ3v) is 9.56. The molecule has 2 heterocycles. The van der Waals surface area contributed by atoms with Crippen molar-refractivity contribution in [1.29, 1.82) is 0 Å². The summed E-state index contributed by atoms with van der Waals surface area (Å²) in [7, 11) is 0. The minimum absolute atomic E-state index is 0.0753. The molecule has 0 radical (unpaired) electrons. The molecular weight excluding hydrogens is 508 g/mol. The van der Waals surface area contributed by atoms with Crippen LogP contribution in [0.5, 0.6) is 23.0 Å². The van der Waals surface area contributed by atoms with Crippen molar-refractivity contribution < 1.29 is 24.8 Å². The fourth-order valence-electron chi connectivity index (χ4n) is 6.92. The van der Waals surface area contributed by atoms with Crippen LogP contribution in [0.1, 0.15) is 69.2 Å². The first-order chi connectivity index (χ1) is 18.6. The summed E-state index contributed by atoms with van der Waals surface area (Å²) >= 11 is 0. The van der Waals surface area contributed by atoms with Crippen LogP contribution in [0.25, 0.3) is 0 Å². The van der Waals surface area contributed by atoms with E-state index in [0.29, 0.717) is 37.2 Å². The van der Waals surface area contributed by atoms with E-state index in [0.717, 1.165) is 28.7 Å². The highest BCUT2D eigenvalue weighted by atomic mass is 16.5. The molecule has 0 fully saturated rings. The van der Waals surface area contributed by atoms with Crippen molar-refractivity contribution in [2.45, 2.75) is 91.0 Å². The zero-order valence-electron chi connectivity index (χ0n) is 24.2. The van der Waals surface area contributed by atoms with E-state index in [1.807, 2.05) is 27.7 Å². The molecule has 1 aliphatic carbocycles. The molecule has 40 heavy (non-hydrogen) atoms. The summed E-state index contributed by atoms with van der Waals surface area (Å²) in [6.07, 6.45) is 6.29. The smallest absolute Gasteiger partial charge is 0.223 e. The second-order valence-corrected chi connectivity index (χ2v) is 13.2. The number of hydrogen-bond acceptors (Lipinski definition) is 7. The lowest BCUT2D eigenvalue weighted by Gasteiger charge is -2.49. The van der Waals surface area contributed by atoms with E-state index < -0.39 is 28.2 Å². The maximum atomic E-state index is 12.6. The summed E-state index contributed by atoms with van der Waals surface area (Å²) in [6.45, 7) is 12.0. The van der Waals surface area contributed by atoms with Crippen LogP contribution < -0.4 is 20.3 Å². The number of aliphatic hydroxyl groups excluding tert-OH is 1. The number of aromatic hydroxyl groups is 2. The van der Waals surface area contributed by atoms with Crippen molar-refractivity contribution >= 4 is 0 Å². The predicted molar refractivity (Wildman–Crippen MR) is 153 cm³/mol. The number of aliphatic hydroxyl groups is 1. The highest BCUT2D eigenvalue weighted by Gasteiger charge is 2.51. The highest BCUT2D eigenvalue weighted by molar-refractivity contribution is 5.46. The topological polar surface area (TPSA) is 113 Å². The number of allylic oxidation sites excluding steroid dienone is 1. The zero-order valence-corrected chi connectivity index (χ0v) is 24.2. The Balaban J connectivity index is 1.63. The molecule has 7 heteroatoms. The SMILES string of the molecule is Cc1cc(O)c(=O)cc2c1C[C@H]1CC(C)(C)/C=C/C[C@]3(C)Oc4cc(=O)c(O)cc(C)c4C[C@H]3C[C@H](O)[C@@]1(C)O2. The first-order valence-corrected chi connectivity index (χ1v) is 14.1. The van der Waals surface area contributed by atoms with Gasteiger partial charge in [-0.05, 0) is 93.2 Å². The van der Waals surface area contributed by atoms with Gasteiger partial charge < -0.3 is 24.8 Å². The molecule has 0 saturated heterocycles. The van der Waals surface area contributed by atoms with Crippen LogP contribution in [0.4, 0.5) is 0 Å². The molecule has 3 N–H and O–H groups in total. The Morgan fingerprint density at radius 2 is 1.32 bits per heavy atom. The Hall–Kier alpha value is -3.32. The first-order valence-electron chi connectivity index (χ1n) is 14.1. The van der Waals surface area contributed by atoms with Crippen LogP contribution >= 0.6 is 0 Å². The Kier molecular flexibility index (Phi) is 6.81. The summed E-state index contributed by atoms with van der Waals surface area (Å²) < 4.78 is 13.2. The van der Waals surface area contributed by atoms with Crippen LogP contribution in [-0.2, 0) is 12.8 Å². The Bertz CT molecular complexity index is 1510. The van der Waals surface area contributed by atoms with E-state index in [1.54, 1.807) is 0 Å². The van der Waals surface area contributed by atoms with Crippen molar-refractivity contribution in [3.05, 3.63) is 79.1 Å². The standard InChI is InChI=1S/C33H40O7/c1-18-10-24(34)26(36)15-28-22(18)12-20-14-30(38)33(6)21(17-31(3,4)8-7-9-32(20,5)39-28)13-23-19(2)11-25(35)27(37)16-29(23)40-33/h7-8,10-11,15-16,20-21,30,38H,9,12-14,17H2,1-6H3,(H,34,36)(H,35,37)/b8-7+/t20-,21-,30-,32-,33-/m0/s1. The summed E-state index contributed by atoms with van der Waals surface area (Å²) in [5, 5.41) is 32.4. The van der Waals surface area contributed by atoms with E-state index in [9.17, 15) is 24.9 Å². The fourth-order valence-corrected chi connectivity index (χ4v) is 6.92. The van der Waals surface area contributed by atoms with E-state index in [1.165, 1.54) is 24.3 Å². The molecule has 0 amide bonds. The van der Waals surface area contributed by atoms with Crippen LogP contribution in [0, 0.1) is 31.1 Å². The maximum Gasteiger partial charge on any atom is 0.223 e. The predicted octanol–water partition coefficient (Wildman–Crippen LogP) is 4.88. The second-order valence-electron chi connectivity index (χ2n) is 13.2. The van der Waals surface area contributed by atoms with Crippen LogP contribution in [0.15, 0.2) is 46.0 Å². The first kappa shape index (κ1) is 28.2. The number of rotatable bonds is 0. The van der Waals surface area contributed by atoms with Gasteiger partial charge in [0.25, 0.3) is 0 Å². The Labute approximate surface area is 235 Å². The average Bonchev–Trinajstić information content (AvgIpc) is 3.01. The molecule has 2 aromatic carbocycles. The maximum absolute atomic E-state index is 12.6. The van der Waals surface area contributed by atoms with Gasteiger partial charge in [0, 0.05) is 30.4 Å². The van der Waals surface area contributed by atoms with Gasteiger partial charge in [-0.15, -0.1) is 0 Å². The molecule has 214 valence electrons. The molecule has 2 aliphatic heterocycles. The van der Waals surface area contributed by atoms with Crippen molar-refractivity contribution in [3.63, 3.8) is 0 Å². The summed E-state index contributed by atoms with van der Waals surface area (Å²) in [5.41, 5.74) is 0.287. The molecule has 5 atom stereocenters. The number of ether oxygens (including phenoxy) is 2. The summed E-state index contributed by atoms with van der Waals surface area (Å²) in [6, 6.07) is 5.68. The lowest BCUT2D eigenvalue weighted by atomic mass is 9.67. The second kappa shape index (κ2) is 9.65. The molecule has 5 rings (SSSR count). The molecule has 0 saturated carbocycles. The van der Waals surface area contributed by atoms with Crippen molar-refractivity contribution in [2.75, 3.05) is 0 Å². The average molecular weight is 549 g/mol. The third kappa shape index (κ3) is 4.89. The van der Waals surface area contributed by atoms with Gasteiger partial charge in [0.05, 0.1) is 6.10 Å². The number of hydrogen-bond donors (Lipinski definition) is 3. The molecule has 3 aliphatic rings. The molecule has 0 spiro atoms. The highest BCUT2D eigenvalue weighted by Crippen LogP contribution is 2.49. The van der Waals surface area contributed by atoms with E-state index in [-0.39, 0.29) is 28.7 Å². The quantitative estimate of drug-likeness (QED) is 0.402. The van der Waals surface area contributed by atoms with Crippen molar-refractivity contribution in [3.8, 4) is 23.0 Å². The van der Waals surface area contributed by atoms with Crippen LogP contribution in [-0.4, -0.2) is 32.6 Å². The number of fused-ring (bicyclic) bond motifs is 4. The van der Waals surface area contributed by atoms with E-state index in [4.69, 9.17) is 9.47 Å². The minimum Gasteiger partial charge on any atom is -0.504 e. The molecule has 0 bridgehead atoms. The van der Waals surface area contributed by atoms with E-state index in [2.05, 4.69) is 26.0 Å². The van der Waals surface area contributed by atoms with Gasteiger partial charge in [0.2, 0.25) is 10.9 Å². The summed E-state index contributed by atoms with van der Waals surface area (Å²) in [4.78, 5) is 25.0. The zero-order chi connectivity index (χ0) is 29.2. The lowest BCUT2D eigenvalue weighted by Crippen LogP contribution is -2.57. The molecule has 0 unspecified atom stereocenters. The molecule has 7 nitrogen and oxygen atoms in total. The van der Waals surface area contributed by atoms with Crippen LogP contribution in [0.2, 0.25) is 0 Å². The largest absolute Gasteiger partial charge is 0.504 e. The van der Waals surface area contributed by atoms with Crippen LogP contribution in [0.3, 0.4) is 0 Å². The molecular formula is C33H40O7. The molecule has 0 aromatic heterocycles. The van der Waals surface area contributed by atoms with Gasteiger partial charge >= 0.3 is 0 Å². The van der Waals surface area contributed by atoms with Gasteiger partial charge in [0.15, 0.2) is 11.5 Å². The summed E-state index contributed by atoms with van der Waals surface area (Å²) in [5.74, 6) is 0.0238. The normalized spacial score (nSPS) is 31.5. The van der Waals surface area contributed by atoms with Gasteiger partial charge in [-0.3, -0.25) is 9.59 Å². The van der Waals surface area contributed by atoms with Gasteiger partial charge in [0.1, 0.15) is 22.7 Å². The van der Waals surface area contributed by atoms with Crippen molar-refractivity contribution in [1.82, 2.24) is 0 Å². The van der Waals surface area contributed by atoms with Gasteiger partial charge in [-0.2, -0.15) is 0 Å². The lowest BCUT2D eigenvalue weighted by molar-refractivity contribution is -0.117. The monoisotopic (exact) mass is 548 g/mol. The Morgan fingerprint density at radius 1 is 0.800 bits per heavy atom. The van der Waals surface area contributed by atoms with E-state index >= 15 is 0 Å². The minimum atomic E-state index is -1.01. The number of aryl methyl sites for hydroxylation is 2. The fraction of sp³-hybridized carbons (Fsp3) is 0.515. The van der Waals surface area contributed by atoms with Crippen molar-refractivity contribution in [2.24, 2.45) is 17.3 Å². The van der Waals surface area contributed by atoms with Gasteiger partial charge in [-0.1, -0.05) is 26.0 Å².